The van der Waals surface area contributed by atoms with E-state index in [0.29, 0.717) is 24.2 Å². The van der Waals surface area contributed by atoms with Gasteiger partial charge in [0.25, 0.3) is 0 Å². The molecular formula is C47H67N11O15. The van der Waals surface area contributed by atoms with Gasteiger partial charge in [-0.3, -0.25) is 47.9 Å². The molecule has 7 atom stereocenters. The number of amides is 10. The second kappa shape index (κ2) is 31.9. The monoisotopic (exact) mass is 1030 g/mol. The summed E-state index contributed by atoms with van der Waals surface area (Å²) >= 11 is 0. The molecule has 17 N–H and O–H groups in total. The molecule has 0 fully saturated rings. The lowest BCUT2D eigenvalue weighted by Crippen LogP contribution is -2.60. The number of carbonyl (C=O) groups is 12. The first-order chi connectivity index (χ1) is 34.5. The number of carboxylic acids is 2. The van der Waals surface area contributed by atoms with Gasteiger partial charge in [-0.15, -0.1) is 0 Å². The molecular weight excluding hydrogens is 959 g/mol. The molecule has 0 aliphatic carbocycles. The highest BCUT2D eigenvalue weighted by atomic mass is 16.5. The Kier molecular flexibility index (Phi) is 26.7. The summed E-state index contributed by atoms with van der Waals surface area (Å²) in [6.45, 7) is 3.97. The fraction of sp³-hybridized carbons (Fsp3) is 0.489. The minimum Gasteiger partial charge on any atom is -0.494 e. The van der Waals surface area contributed by atoms with Gasteiger partial charge in [-0.05, 0) is 87.6 Å². The van der Waals surface area contributed by atoms with E-state index in [1.54, 1.807) is 62.4 Å². The van der Waals surface area contributed by atoms with E-state index < -0.39 is 159 Å². The van der Waals surface area contributed by atoms with Crippen LogP contribution >= 0.6 is 0 Å². The van der Waals surface area contributed by atoms with Gasteiger partial charge in [0.15, 0.2) is 0 Å². The molecule has 0 saturated heterocycles. The van der Waals surface area contributed by atoms with Crippen molar-refractivity contribution < 1.29 is 72.5 Å². The number of rotatable bonds is 35. The van der Waals surface area contributed by atoms with Crippen LogP contribution in [-0.4, -0.2) is 137 Å². The number of hydrogen-bond donors (Lipinski definition) is 13. The number of urea groups is 1. The highest BCUT2D eigenvalue weighted by Crippen LogP contribution is 2.15. The molecule has 0 heterocycles. The van der Waals surface area contributed by atoms with Gasteiger partial charge >= 0.3 is 18.0 Å². The quantitative estimate of drug-likeness (QED) is 0.0247. The van der Waals surface area contributed by atoms with Crippen LogP contribution in [0.2, 0.25) is 0 Å². The maximum atomic E-state index is 14.3. The summed E-state index contributed by atoms with van der Waals surface area (Å²) in [6, 6.07) is 2.03. The maximum Gasteiger partial charge on any atom is 0.312 e. The zero-order valence-corrected chi connectivity index (χ0v) is 40.6. The van der Waals surface area contributed by atoms with Gasteiger partial charge in [0, 0.05) is 38.6 Å². The first-order valence-electron chi connectivity index (χ1n) is 23.4. The smallest absolute Gasteiger partial charge is 0.312 e. The fourth-order valence-electron chi connectivity index (χ4n) is 7.04. The van der Waals surface area contributed by atoms with Crippen LogP contribution < -0.4 is 64.9 Å². The molecule has 0 unspecified atom stereocenters. The van der Waals surface area contributed by atoms with E-state index in [2.05, 4.69) is 37.2 Å². The van der Waals surface area contributed by atoms with Gasteiger partial charge in [-0.25, -0.2) is 4.79 Å². The molecule has 0 saturated carbocycles. The number of ether oxygens (including phenoxy) is 1. The minimum absolute atomic E-state index is 0.0137. The number of carbonyl (C=O) groups excluding carboxylic acids is 10. The van der Waals surface area contributed by atoms with Crippen molar-refractivity contribution in [2.75, 3.05) is 13.2 Å². The van der Waals surface area contributed by atoms with Crippen LogP contribution in [0.4, 0.5) is 4.79 Å². The van der Waals surface area contributed by atoms with Crippen molar-refractivity contribution >= 4 is 71.5 Å². The van der Waals surface area contributed by atoms with E-state index >= 15 is 0 Å². The molecule has 73 heavy (non-hydrogen) atoms. The highest BCUT2D eigenvalue weighted by molar-refractivity contribution is 5.97. The van der Waals surface area contributed by atoms with E-state index in [-0.39, 0.29) is 32.2 Å². The molecule has 2 aromatic rings. The van der Waals surface area contributed by atoms with Gasteiger partial charge in [0.1, 0.15) is 42.2 Å². The summed E-state index contributed by atoms with van der Waals surface area (Å²) in [5, 5.41) is 36.0. The second-order valence-corrected chi connectivity index (χ2v) is 16.9. The first-order valence-corrected chi connectivity index (χ1v) is 23.4. The van der Waals surface area contributed by atoms with E-state index in [9.17, 15) is 67.7 Å². The van der Waals surface area contributed by atoms with Crippen LogP contribution in [0.25, 0.3) is 0 Å². The third-order valence-electron chi connectivity index (χ3n) is 11.0. The van der Waals surface area contributed by atoms with Gasteiger partial charge in [0.2, 0.25) is 47.3 Å². The predicted octanol–water partition coefficient (Wildman–Crippen LogP) is -2.68. The summed E-state index contributed by atoms with van der Waals surface area (Å²) in [5.41, 5.74) is 23.6. The lowest BCUT2D eigenvalue weighted by Gasteiger charge is -2.27. The third-order valence-corrected chi connectivity index (χ3v) is 11.0. The van der Waals surface area contributed by atoms with Crippen LogP contribution in [0, 0.1) is 6.92 Å². The molecule has 400 valence electrons. The molecule has 0 aromatic heterocycles. The van der Waals surface area contributed by atoms with Gasteiger partial charge < -0.3 is 79.9 Å². The SMILES string of the molecule is CCOc1ccc(C[C@H](NC(=O)[C@H](CCC(=O)O)NC(=O)[C@H](CCC(N)=O)NC(=O)[C@H](CCC(N)=O)NC(=O)[C@@H](N)CCCNC(N)=O)C(=O)N[C@@H](CCC(=O)O)C(=O)N[C@H](C=O)Cc2ccccc2C)cc1. The molecule has 0 aliphatic rings. The van der Waals surface area contributed by atoms with Crippen molar-refractivity contribution in [2.24, 2.45) is 22.9 Å². The van der Waals surface area contributed by atoms with E-state index in [1.165, 1.54) is 0 Å². The van der Waals surface area contributed by atoms with Crippen molar-refractivity contribution in [1.29, 1.82) is 0 Å². The lowest BCUT2D eigenvalue weighted by atomic mass is 10.0. The molecule has 26 heteroatoms. The Morgan fingerprint density at radius 2 is 1.01 bits per heavy atom. The normalized spacial score (nSPS) is 13.6. The molecule has 0 radical (unpaired) electrons. The Hall–Kier alpha value is -8.16. The third kappa shape index (κ3) is 24.0. The van der Waals surface area contributed by atoms with Crippen LogP contribution in [0.3, 0.4) is 0 Å². The number of carboxylic acid groups (broad SMARTS) is 2. The molecule has 0 bridgehead atoms. The number of nitrogens with one attached hydrogen (secondary N) is 7. The number of primary amides is 3. The molecule has 0 spiro atoms. The second-order valence-electron chi connectivity index (χ2n) is 16.9. The number of aldehydes is 1. The summed E-state index contributed by atoms with van der Waals surface area (Å²) in [4.78, 5) is 153. The zero-order chi connectivity index (χ0) is 54.6. The first kappa shape index (κ1) is 61.0. The Morgan fingerprint density at radius 1 is 0.575 bits per heavy atom. The van der Waals surface area contributed by atoms with Crippen molar-refractivity contribution in [3.05, 3.63) is 65.2 Å². The fourth-order valence-corrected chi connectivity index (χ4v) is 7.04. The summed E-state index contributed by atoms with van der Waals surface area (Å²) in [7, 11) is 0. The molecule has 10 amide bonds. The molecule has 0 aliphatic heterocycles. The predicted molar refractivity (Wildman–Crippen MR) is 259 cm³/mol. The number of aryl methyl sites for hydroxylation is 1. The van der Waals surface area contributed by atoms with Crippen LogP contribution in [0.15, 0.2) is 48.5 Å². The van der Waals surface area contributed by atoms with Gasteiger partial charge in [-0.1, -0.05) is 36.4 Å². The summed E-state index contributed by atoms with van der Waals surface area (Å²) in [6.07, 6.45) is -3.79. The number of hydrogen-bond acceptors (Lipinski definition) is 14. The Labute approximate surface area is 420 Å². The van der Waals surface area contributed by atoms with E-state index in [4.69, 9.17) is 27.7 Å². The Bertz CT molecular complexity index is 2260. The van der Waals surface area contributed by atoms with Crippen LogP contribution in [-0.2, 0) is 65.6 Å². The number of aliphatic carboxylic acids is 2. The lowest BCUT2D eigenvalue weighted by molar-refractivity contribution is -0.139. The molecule has 26 nitrogen and oxygen atoms in total. The highest BCUT2D eigenvalue weighted by Gasteiger charge is 2.34. The molecule has 2 rings (SSSR count). The van der Waals surface area contributed by atoms with Crippen LogP contribution in [0.5, 0.6) is 5.75 Å². The largest absolute Gasteiger partial charge is 0.494 e. The average Bonchev–Trinajstić information content (AvgIpc) is 3.33. The topological polar surface area (TPSA) is 443 Å². The van der Waals surface area contributed by atoms with E-state index in [0.717, 1.165) is 11.1 Å². The standard InChI is InChI=1S/C47H67N11O15/c1-3-73-30-12-10-27(11-13-30)23-36(46(71)57-34(16-20-39(62)63)42(67)53-29(25-59)24-28-8-5-4-7-26(28)2)58-45(70)35(17-21-40(64)65)56-44(69)33(15-19-38(50)61)55-43(68)32(14-18-37(49)60)54-41(66)31(48)9-6-22-52-47(51)72/h4-5,7-8,10-13,25,29,31-36H,3,6,9,14-24,48H2,1-2H3,(H2,49,60)(H2,50,61)(H,53,67)(H,54,66)(H,55,68)(H,56,69)(H,57,71)(H,58,70)(H,62,63)(H,64,65)(H3,51,52,72)/t29-,31-,32-,33-,34-,35-,36-/m0/s1. The van der Waals surface area contributed by atoms with Gasteiger partial charge in [-0.2, -0.15) is 0 Å². The average molecular weight is 1030 g/mol. The summed E-state index contributed by atoms with van der Waals surface area (Å²) < 4.78 is 5.50. The van der Waals surface area contributed by atoms with Crippen LogP contribution in [0.1, 0.15) is 87.8 Å². The number of nitrogens with two attached hydrogens (primary N) is 4. The van der Waals surface area contributed by atoms with E-state index in [1.807, 2.05) is 0 Å². The summed E-state index contributed by atoms with van der Waals surface area (Å²) in [5.74, 6) is -10.2. The van der Waals surface area contributed by atoms with Crippen molar-refractivity contribution in [3.8, 4) is 5.75 Å². The maximum absolute atomic E-state index is 14.3. The minimum atomic E-state index is -1.78. The number of benzene rings is 2. The van der Waals surface area contributed by atoms with Gasteiger partial charge in [0.05, 0.1) is 18.7 Å². The Balaban J connectivity index is 2.50. The van der Waals surface area contributed by atoms with Crippen molar-refractivity contribution in [3.63, 3.8) is 0 Å². The zero-order valence-electron chi connectivity index (χ0n) is 40.6. The van der Waals surface area contributed by atoms with Crippen molar-refractivity contribution in [2.45, 2.75) is 133 Å². The van der Waals surface area contributed by atoms with Crippen molar-refractivity contribution in [1.82, 2.24) is 37.2 Å². The molecule has 2 aromatic carbocycles. The Morgan fingerprint density at radius 3 is 1.45 bits per heavy atom.